The first-order valence-electron chi connectivity index (χ1n) is 10.4. The monoisotopic (exact) mass is 447 g/mol. The van der Waals surface area contributed by atoms with Crippen LogP contribution in [0.3, 0.4) is 0 Å². The number of methoxy groups -OCH3 is 1. The van der Waals surface area contributed by atoms with Crippen molar-refractivity contribution in [2.24, 2.45) is 0 Å². The lowest BCUT2D eigenvalue weighted by Crippen LogP contribution is -2.34. The highest BCUT2D eigenvalue weighted by Gasteiger charge is 2.21. The zero-order valence-corrected chi connectivity index (χ0v) is 18.2. The number of para-hydroxylation sites is 1. The lowest BCUT2D eigenvalue weighted by atomic mass is 10.0. The second kappa shape index (κ2) is 12.0. The van der Waals surface area contributed by atoms with Crippen LogP contribution in [0.15, 0.2) is 84.9 Å². The molecule has 1 N–H and O–H groups in total. The van der Waals surface area contributed by atoms with Crippen molar-refractivity contribution in [3.8, 4) is 11.5 Å². The Morgan fingerprint density at radius 2 is 1.42 bits per heavy atom. The number of carbonyl (C=O) groups is 3. The molecule has 0 heterocycles. The number of hydrogen-bond donors (Lipinski definition) is 1. The molecule has 3 rings (SSSR count). The van der Waals surface area contributed by atoms with Gasteiger partial charge in [-0.2, -0.15) is 0 Å². The van der Waals surface area contributed by atoms with Gasteiger partial charge < -0.3 is 19.5 Å². The Morgan fingerprint density at radius 3 is 2.06 bits per heavy atom. The maximum Gasteiger partial charge on any atom is 0.308 e. The summed E-state index contributed by atoms with van der Waals surface area (Å²) in [7, 11) is 1.55. The minimum absolute atomic E-state index is 0.147. The number of amides is 1. The van der Waals surface area contributed by atoms with Gasteiger partial charge in [-0.3, -0.25) is 14.4 Å². The number of carbonyl (C=O) groups excluding carboxylic acids is 3. The van der Waals surface area contributed by atoms with E-state index >= 15 is 0 Å². The number of Topliss-reactive ketones (excluding diaryl/α,β-unsaturated/α-hetero) is 1. The van der Waals surface area contributed by atoms with E-state index in [1.807, 2.05) is 6.07 Å². The summed E-state index contributed by atoms with van der Waals surface area (Å²) in [5, 5.41) is 2.80. The summed E-state index contributed by atoms with van der Waals surface area (Å²) in [5.41, 5.74) is 1.15. The fourth-order valence-corrected chi connectivity index (χ4v) is 3.07. The standard InChI is InChI=1S/C26H25NO6/c1-31-21-14-12-19(13-15-21)23(27-25(29)18-32-22-10-6-3-7-11-22)16-26(30)33-17-24(28)20-8-4-2-5-9-20/h2-15,23H,16-18H2,1H3,(H,27,29)/t23-/m0/s1. The normalized spacial score (nSPS) is 11.2. The summed E-state index contributed by atoms with van der Waals surface area (Å²) >= 11 is 0. The molecule has 0 aliphatic carbocycles. The van der Waals surface area contributed by atoms with Gasteiger partial charge in [0.15, 0.2) is 19.0 Å². The molecule has 0 aromatic heterocycles. The van der Waals surface area contributed by atoms with Crippen molar-refractivity contribution in [2.75, 3.05) is 20.3 Å². The zero-order chi connectivity index (χ0) is 23.5. The molecule has 3 aromatic rings. The maximum atomic E-state index is 12.5. The third kappa shape index (κ3) is 7.50. The van der Waals surface area contributed by atoms with Gasteiger partial charge in [0.2, 0.25) is 0 Å². The molecule has 0 bridgehead atoms. The van der Waals surface area contributed by atoms with Crippen LogP contribution in [0, 0.1) is 0 Å². The quantitative estimate of drug-likeness (QED) is 0.356. The molecule has 0 aliphatic rings. The molecule has 0 unspecified atom stereocenters. The maximum absolute atomic E-state index is 12.5. The minimum atomic E-state index is -0.665. The largest absolute Gasteiger partial charge is 0.497 e. The summed E-state index contributed by atoms with van der Waals surface area (Å²) in [6.45, 7) is -0.582. The van der Waals surface area contributed by atoms with Gasteiger partial charge in [-0.1, -0.05) is 60.7 Å². The van der Waals surface area contributed by atoms with E-state index in [-0.39, 0.29) is 25.4 Å². The third-order valence-electron chi connectivity index (χ3n) is 4.80. The van der Waals surface area contributed by atoms with Gasteiger partial charge in [0.1, 0.15) is 11.5 Å². The van der Waals surface area contributed by atoms with Crippen LogP contribution in [0.1, 0.15) is 28.4 Å². The van der Waals surface area contributed by atoms with Gasteiger partial charge >= 0.3 is 5.97 Å². The van der Waals surface area contributed by atoms with Crippen molar-refractivity contribution in [1.82, 2.24) is 5.32 Å². The first kappa shape index (κ1) is 23.5. The topological polar surface area (TPSA) is 90.9 Å². The van der Waals surface area contributed by atoms with E-state index in [0.717, 1.165) is 0 Å². The lowest BCUT2D eigenvalue weighted by Gasteiger charge is -2.19. The molecule has 0 aliphatic heterocycles. The fraction of sp³-hybridized carbons (Fsp3) is 0.192. The van der Waals surface area contributed by atoms with Crippen LogP contribution in [-0.4, -0.2) is 38.0 Å². The molecular weight excluding hydrogens is 422 g/mol. The Hall–Kier alpha value is -4.13. The third-order valence-corrected chi connectivity index (χ3v) is 4.80. The Balaban J connectivity index is 1.61. The first-order valence-corrected chi connectivity index (χ1v) is 10.4. The molecule has 7 nitrogen and oxygen atoms in total. The van der Waals surface area contributed by atoms with Gasteiger partial charge in [0.05, 0.1) is 19.6 Å². The lowest BCUT2D eigenvalue weighted by molar-refractivity contribution is -0.143. The summed E-state index contributed by atoms with van der Waals surface area (Å²) < 4.78 is 15.8. The predicted molar refractivity (Wildman–Crippen MR) is 122 cm³/mol. The Bertz CT molecular complexity index is 1050. The number of rotatable bonds is 11. The number of benzene rings is 3. The van der Waals surface area contributed by atoms with Gasteiger partial charge in [0.25, 0.3) is 5.91 Å². The van der Waals surface area contributed by atoms with Gasteiger partial charge in [0, 0.05) is 5.56 Å². The molecule has 0 saturated carbocycles. The van der Waals surface area contributed by atoms with E-state index in [1.54, 1.807) is 86.0 Å². The molecule has 0 fully saturated rings. The average Bonchev–Trinajstić information content (AvgIpc) is 2.87. The number of ether oxygens (including phenoxy) is 3. The average molecular weight is 447 g/mol. The summed E-state index contributed by atoms with van der Waals surface area (Å²) in [6, 6.07) is 23.9. The van der Waals surface area contributed by atoms with Gasteiger partial charge in [-0.15, -0.1) is 0 Å². The van der Waals surface area contributed by atoms with Crippen LogP contribution in [0.5, 0.6) is 11.5 Å². The van der Waals surface area contributed by atoms with E-state index in [2.05, 4.69) is 5.32 Å². The van der Waals surface area contributed by atoms with E-state index in [9.17, 15) is 14.4 Å². The second-order valence-electron chi connectivity index (χ2n) is 7.15. The summed E-state index contributed by atoms with van der Waals surface area (Å²) in [6.07, 6.45) is -0.147. The summed E-state index contributed by atoms with van der Waals surface area (Å²) in [5.74, 6) is -0.0952. The smallest absolute Gasteiger partial charge is 0.308 e. The van der Waals surface area contributed by atoms with Crippen LogP contribution in [0.4, 0.5) is 0 Å². The molecule has 3 aromatic carbocycles. The molecule has 1 atom stereocenters. The fourth-order valence-electron chi connectivity index (χ4n) is 3.07. The van der Waals surface area contributed by atoms with E-state index in [4.69, 9.17) is 14.2 Å². The van der Waals surface area contributed by atoms with Crippen LogP contribution in [-0.2, 0) is 14.3 Å². The molecule has 1 amide bonds. The molecular formula is C26H25NO6. The molecule has 33 heavy (non-hydrogen) atoms. The highest BCUT2D eigenvalue weighted by atomic mass is 16.5. The molecule has 0 saturated heterocycles. The molecule has 170 valence electrons. The van der Waals surface area contributed by atoms with Crippen molar-refractivity contribution in [2.45, 2.75) is 12.5 Å². The highest BCUT2D eigenvalue weighted by molar-refractivity contribution is 5.97. The van der Waals surface area contributed by atoms with Crippen molar-refractivity contribution < 1.29 is 28.6 Å². The SMILES string of the molecule is COc1ccc([C@H](CC(=O)OCC(=O)c2ccccc2)NC(=O)COc2ccccc2)cc1. The predicted octanol–water partition coefficient (Wildman–Crippen LogP) is 3.75. The first-order chi connectivity index (χ1) is 16.0. The number of nitrogens with one attached hydrogen (secondary N) is 1. The molecule has 0 spiro atoms. The summed E-state index contributed by atoms with van der Waals surface area (Å²) in [4.78, 5) is 37.1. The minimum Gasteiger partial charge on any atom is -0.497 e. The van der Waals surface area contributed by atoms with Crippen molar-refractivity contribution >= 4 is 17.7 Å². The zero-order valence-electron chi connectivity index (χ0n) is 18.2. The van der Waals surface area contributed by atoms with E-state index in [1.165, 1.54) is 0 Å². The van der Waals surface area contributed by atoms with Gasteiger partial charge in [-0.25, -0.2) is 0 Å². The van der Waals surface area contributed by atoms with E-state index in [0.29, 0.717) is 22.6 Å². The number of ketones is 1. The highest BCUT2D eigenvalue weighted by Crippen LogP contribution is 2.21. The number of esters is 1. The van der Waals surface area contributed by atoms with E-state index < -0.39 is 17.9 Å². The van der Waals surface area contributed by atoms with Crippen molar-refractivity contribution in [1.29, 1.82) is 0 Å². The second-order valence-corrected chi connectivity index (χ2v) is 7.15. The van der Waals surface area contributed by atoms with Gasteiger partial charge in [-0.05, 0) is 29.8 Å². The van der Waals surface area contributed by atoms with Crippen molar-refractivity contribution in [3.63, 3.8) is 0 Å². The van der Waals surface area contributed by atoms with Crippen LogP contribution < -0.4 is 14.8 Å². The molecule has 7 heteroatoms. The molecule has 0 radical (unpaired) electrons. The van der Waals surface area contributed by atoms with Crippen LogP contribution >= 0.6 is 0 Å². The Kier molecular flexibility index (Phi) is 8.59. The van der Waals surface area contributed by atoms with Crippen LogP contribution in [0.2, 0.25) is 0 Å². The van der Waals surface area contributed by atoms with Crippen LogP contribution in [0.25, 0.3) is 0 Å². The Labute approximate surface area is 192 Å². The number of hydrogen-bond acceptors (Lipinski definition) is 6. The Morgan fingerprint density at radius 1 is 0.788 bits per heavy atom. The van der Waals surface area contributed by atoms with Crippen molar-refractivity contribution in [3.05, 3.63) is 96.1 Å².